The van der Waals surface area contributed by atoms with Crippen LogP contribution in [0.2, 0.25) is 0 Å². The Morgan fingerprint density at radius 1 is 1.21 bits per heavy atom. The molecule has 2 aromatic rings. The topological polar surface area (TPSA) is 41.4 Å². The molecule has 2 fully saturated rings. The van der Waals surface area contributed by atoms with E-state index in [4.69, 9.17) is 0 Å². The third kappa shape index (κ3) is 3.77. The number of piperidine rings is 1. The van der Waals surface area contributed by atoms with Gasteiger partial charge in [-0.25, -0.2) is 4.39 Å². The summed E-state index contributed by atoms with van der Waals surface area (Å²) in [5, 5.41) is 4.48. The van der Waals surface area contributed by atoms with Crippen molar-refractivity contribution in [2.24, 2.45) is 0 Å². The van der Waals surface area contributed by atoms with E-state index < -0.39 is 0 Å². The number of carbonyl (C=O) groups excluding carboxylic acids is 1. The summed E-state index contributed by atoms with van der Waals surface area (Å²) in [5.41, 5.74) is 3.05. The molecule has 2 atom stereocenters. The van der Waals surface area contributed by atoms with Crippen molar-refractivity contribution < 1.29 is 9.18 Å². The van der Waals surface area contributed by atoms with Gasteiger partial charge < -0.3 is 9.80 Å². The van der Waals surface area contributed by atoms with Crippen molar-refractivity contribution in [2.45, 2.75) is 77.5 Å². The number of amides is 1. The third-order valence-electron chi connectivity index (χ3n) is 6.50. The number of hydrogen-bond donors (Lipinski definition) is 0. The lowest BCUT2D eigenvalue weighted by molar-refractivity contribution is -0.135. The number of rotatable bonds is 4. The summed E-state index contributed by atoms with van der Waals surface area (Å²) in [6, 6.07) is 9.31. The average Bonchev–Trinajstić information content (AvgIpc) is 3.13. The van der Waals surface area contributed by atoms with Crippen molar-refractivity contribution in [3.05, 3.63) is 47.5 Å². The van der Waals surface area contributed by atoms with E-state index in [1.54, 1.807) is 0 Å². The van der Waals surface area contributed by atoms with Crippen LogP contribution in [-0.2, 0) is 11.3 Å². The molecule has 2 aliphatic rings. The zero-order chi connectivity index (χ0) is 20.8. The van der Waals surface area contributed by atoms with Gasteiger partial charge in [0, 0.05) is 36.4 Å². The maximum absolute atomic E-state index is 13.4. The Morgan fingerprint density at radius 3 is 2.59 bits per heavy atom. The first-order valence-electron chi connectivity index (χ1n) is 10.6. The van der Waals surface area contributed by atoms with Crippen LogP contribution in [0.15, 0.2) is 30.3 Å². The van der Waals surface area contributed by atoms with Crippen LogP contribution >= 0.6 is 0 Å². The molecule has 0 bridgehead atoms. The van der Waals surface area contributed by atoms with Crippen LogP contribution in [0.3, 0.4) is 0 Å². The van der Waals surface area contributed by atoms with Crippen molar-refractivity contribution in [3.8, 4) is 0 Å². The third-order valence-corrected chi connectivity index (χ3v) is 6.50. The summed E-state index contributed by atoms with van der Waals surface area (Å²) >= 11 is 0. The van der Waals surface area contributed by atoms with Crippen LogP contribution in [0.25, 0.3) is 0 Å². The molecular weight excluding hydrogens is 367 g/mol. The zero-order valence-corrected chi connectivity index (χ0v) is 17.9. The molecule has 156 valence electrons. The normalized spacial score (nSPS) is 23.3. The minimum absolute atomic E-state index is 0.0777. The average molecular weight is 399 g/mol. The molecule has 1 amide bonds. The monoisotopic (exact) mass is 398 g/mol. The fourth-order valence-corrected chi connectivity index (χ4v) is 5.34. The highest BCUT2D eigenvalue weighted by molar-refractivity contribution is 5.77. The van der Waals surface area contributed by atoms with E-state index in [0.29, 0.717) is 13.0 Å². The van der Waals surface area contributed by atoms with E-state index in [-0.39, 0.29) is 29.3 Å². The number of aryl methyl sites for hydroxylation is 3. The molecule has 0 unspecified atom stereocenters. The Bertz CT molecular complexity index is 889. The van der Waals surface area contributed by atoms with E-state index in [1.807, 2.05) is 36.7 Å². The first-order chi connectivity index (χ1) is 13.8. The number of fused-ring (bicyclic) bond motifs is 1. The molecule has 2 aliphatic heterocycles. The molecule has 5 nitrogen and oxygen atoms in total. The molecule has 29 heavy (non-hydrogen) atoms. The van der Waals surface area contributed by atoms with E-state index >= 15 is 0 Å². The Hall–Kier alpha value is -2.37. The number of carbonyl (C=O) groups is 1. The summed E-state index contributed by atoms with van der Waals surface area (Å²) in [5.74, 6) is -0.00378. The number of aromatic nitrogens is 2. The second kappa shape index (κ2) is 7.47. The molecule has 1 aromatic heterocycles. The molecular formula is C23H31FN4O. The van der Waals surface area contributed by atoms with Gasteiger partial charge in [0.15, 0.2) is 0 Å². The largest absolute Gasteiger partial charge is 0.361 e. The van der Waals surface area contributed by atoms with E-state index in [9.17, 15) is 9.18 Å². The second-order valence-electron chi connectivity index (χ2n) is 9.13. The summed E-state index contributed by atoms with van der Waals surface area (Å²) < 4.78 is 15.4. The van der Waals surface area contributed by atoms with Crippen molar-refractivity contribution in [1.82, 2.24) is 14.7 Å². The van der Waals surface area contributed by atoms with Crippen LogP contribution in [0.4, 0.5) is 10.1 Å². The molecule has 4 rings (SSSR count). The minimum Gasteiger partial charge on any atom is -0.361 e. The molecule has 0 saturated carbocycles. The lowest BCUT2D eigenvalue weighted by Crippen LogP contribution is -2.53. The minimum atomic E-state index is -0.216. The van der Waals surface area contributed by atoms with Gasteiger partial charge in [-0.2, -0.15) is 5.10 Å². The number of nitrogens with zero attached hydrogens (tertiary/aromatic N) is 4. The fraction of sp³-hybridized carbons (Fsp3) is 0.565. The summed E-state index contributed by atoms with van der Waals surface area (Å²) in [7, 11) is 0. The highest BCUT2D eigenvalue weighted by atomic mass is 19.1. The molecule has 0 N–H and O–H groups in total. The van der Waals surface area contributed by atoms with Gasteiger partial charge >= 0.3 is 0 Å². The number of anilines is 1. The van der Waals surface area contributed by atoms with Gasteiger partial charge in [0.05, 0.1) is 17.8 Å². The maximum atomic E-state index is 13.4. The van der Waals surface area contributed by atoms with Crippen LogP contribution in [0, 0.1) is 19.7 Å². The number of halogens is 1. The van der Waals surface area contributed by atoms with Crippen molar-refractivity contribution in [2.75, 3.05) is 11.4 Å². The van der Waals surface area contributed by atoms with E-state index in [1.165, 1.54) is 12.1 Å². The van der Waals surface area contributed by atoms with Crippen molar-refractivity contribution in [3.63, 3.8) is 0 Å². The number of likely N-dealkylation sites (tertiary alicyclic amines) is 1. The molecule has 0 aliphatic carbocycles. The highest BCUT2D eigenvalue weighted by Crippen LogP contribution is 2.43. The van der Waals surface area contributed by atoms with Crippen molar-refractivity contribution in [1.29, 1.82) is 0 Å². The zero-order valence-electron chi connectivity index (χ0n) is 17.9. The van der Waals surface area contributed by atoms with Gasteiger partial charge in [-0.1, -0.05) is 0 Å². The summed E-state index contributed by atoms with van der Waals surface area (Å²) in [6.07, 6.45) is 3.47. The first-order valence-corrected chi connectivity index (χ1v) is 10.6. The van der Waals surface area contributed by atoms with Crippen LogP contribution in [0.1, 0.15) is 50.9 Å². The van der Waals surface area contributed by atoms with Gasteiger partial charge in [-0.15, -0.1) is 0 Å². The van der Waals surface area contributed by atoms with Gasteiger partial charge in [-0.05, 0) is 77.3 Å². The quantitative estimate of drug-likeness (QED) is 0.779. The lowest BCUT2D eigenvalue weighted by Gasteiger charge is -2.42. The van der Waals surface area contributed by atoms with Gasteiger partial charge in [0.1, 0.15) is 5.82 Å². The van der Waals surface area contributed by atoms with Gasteiger partial charge in [0.25, 0.3) is 0 Å². The van der Waals surface area contributed by atoms with Crippen molar-refractivity contribution >= 4 is 11.6 Å². The molecule has 2 saturated heterocycles. The second-order valence-corrected chi connectivity index (χ2v) is 9.13. The first kappa shape index (κ1) is 19.9. The Balaban J connectivity index is 1.51. The number of hydrogen-bond acceptors (Lipinski definition) is 3. The number of benzene rings is 1. The molecule has 0 radical (unpaired) electrons. The van der Waals surface area contributed by atoms with Crippen LogP contribution in [-0.4, -0.2) is 44.8 Å². The van der Waals surface area contributed by atoms with Crippen LogP contribution < -0.4 is 4.90 Å². The van der Waals surface area contributed by atoms with Gasteiger partial charge in [-0.3, -0.25) is 9.48 Å². The molecule has 1 aromatic carbocycles. The summed E-state index contributed by atoms with van der Waals surface area (Å²) in [6.45, 7) is 9.91. The highest BCUT2D eigenvalue weighted by Gasteiger charge is 2.50. The maximum Gasteiger partial charge on any atom is 0.224 e. The predicted molar refractivity (Wildman–Crippen MR) is 112 cm³/mol. The Morgan fingerprint density at radius 2 is 1.93 bits per heavy atom. The smallest absolute Gasteiger partial charge is 0.224 e. The Labute approximate surface area is 172 Å². The SMILES string of the molecule is Cc1cc(C)n(CCC(=O)N2CCC[C@H]3[C@@H]2CC(C)(C)N3c2ccc(F)cc2)n1. The molecule has 3 heterocycles. The summed E-state index contributed by atoms with van der Waals surface area (Å²) in [4.78, 5) is 17.7. The standard InChI is InChI=1S/C23H31FN4O/c1-16-14-17(2)27(25-16)13-11-22(29)26-12-5-6-20-21(26)15-23(3,4)28(20)19-9-7-18(24)8-10-19/h7-10,14,20-21H,5-6,11-13,15H2,1-4H3/t20-,21-/m0/s1. The van der Waals surface area contributed by atoms with Gasteiger partial charge in [0.2, 0.25) is 5.91 Å². The molecule has 0 spiro atoms. The predicted octanol–water partition coefficient (Wildman–Crippen LogP) is 4.08. The van der Waals surface area contributed by atoms with E-state index in [2.05, 4.69) is 28.7 Å². The van der Waals surface area contributed by atoms with E-state index in [0.717, 1.165) is 42.9 Å². The lowest BCUT2D eigenvalue weighted by atomic mass is 9.94. The Kier molecular flexibility index (Phi) is 5.13. The molecule has 6 heteroatoms. The van der Waals surface area contributed by atoms with Crippen LogP contribution in [0.5, 0.6) is 0 Å². The fourth-order valence-electron chi connectivity index (χ4n) is 5.34.